The summed E-state index contributed by atoms with van der Waals surface area (Å²) in [4.78, 5) is 10.5. The first kappa shape index (κ1) is 11.7. The number of carboxylic acid groups (broad SMARTS) is 1. The molecule has 0 aliphatic carbocycles. The molecule has 4 nitrogen and oxygen atoms in total. The lowest BCUT2D eigenvalue weighted by Crippen LogP contribution is -2.14. The first-order chi connectivity index (χ1) is 8.20. The molecule has 2 rings (SSSR count). The summed E-state index contributed by atoms with van der Waals surface area (Å²) >= 11 is 0. The van der Waals surface area contributed by atoms with Crippen LogP contribution in [0.1, 0.15) is 17.2 Å². The van der Waals surface area contributed by atoms with E-state index >= 15 is 0 Å². The lowest BCUT2D eigenvalue weighted by Gasteiger charge is -2.13. The van der Waals surface area contributed by atoms with Crippen LogP contribution in [0.25, 0.3) is 0 Å². The summed E-state index contributed by atoms with van der Waals surface area (Å²) in [5.41, 5.74) is 2.24. The highest BCUT2D eigenvalue weighted by Gasteiger charge is 2.14. The van der Waals surface area contributed by atoms with Crippen molar-refractivity contribution in [2.24, 2.45) is 0 Å². The number of carbonyl (C=O) groups is 1. The molecule has 1 aromatic rings. The van der Waals surface area contributed by atoms with E-state index in [4.69, 9.17) is 9.84 Å². The zero-order chi connectivity index (χ0) is 12.3. The molecule has 0 fully saturated rings. The summed E-state index contributed by atoms with van der Waals surface area (Å²) in [5, 5.41) is 11.7. The number of carboxylic acids is 1. The molecule has 1 aliphatic rings. The summed E-state index contributed by atoms with van der Waals surface area (Å²) in [6, 6.07) is 5.88. The summed E-state index contributed by atoms with van der Waals surface area (Å²) in [6.07, 6.45) is 3.72. The van der Waals surface area contributed by atoms with Gasteiger partial charge in [0, 0.05) is 12.5 Å². The Morgan fingerprint density at radius 3 is 3.12 bits per heavy atom. The summed E-state index contributed by atoms with van der Waals surface area (Å²) in [7, 11) is 1.81. The number of hydrogen-bond donors (Lipinski definition) is 2. The molecule has 1 aromatic carbocycles. The van der Waals surface area contributed by atoms with Crippen LogP contribution in [0.3, 0.4) is 0 Å². The Hall–Kier alpha value is -1.81. The second-order valence-electron chi connectivity index (χ2n) is 3.93. The van der Waals surface area contributed by atoms with E-state index < -0.39 is 5.97 Å². The lowest BCUT2D eigenvalue weighted by atomic mass is 10.0. The van der Waals surface area contributed by atoms with E-state index in [9.17, 15) is 4.79 Å². The Morgan fingerprint density at radius 2 is 2.41 bits per heavy atom. The number of nitrogens with one attached hydrogen (secondary N) is 1. The summed E-state index contributed by atoms with van der Waals surface area (Å²) < 4.78 is 5.43. The van der Waals surface area contributed by atoms with E-state index in [1.807, 2.05) is 12.1 Å². The van der Waals surface area contributed by atoms with Crippen molar-refractivity contribution in [1.82, 2.24) is 5.32 Å². The molecule has 0 radical (unpaired) electrons. The van der Waals surface area contributed by atoms with E-state index in [1.54, 1.807) is 13.1 Å². The highest BCUT2D eigenvalue weighted by atomic mass is 16.5. The Labute approximate surface area is 99.9 Å². The van der Waals surface area contributed by atoms with Crippen LogP contribution in [-0.2, 0) is 11.2 Å². The van der Waals surface area contributed by atoms with Crippen molar-refractivity contribution in [3.63, 3.8) is 0 Å². The fraction of sp³-hybridized carbons (Fsp3) is 0.308. The van der Waals surface area contributed by atoms with Crippen LogP contribution in [0.2, 0.25) is 0 Å². The maximum Gasteiger partial charge on any atom is 0.328 e. The monoisotopic (exact) mass is 233 g/mol. The zero-order valence-electron chi connectivity index (χ0n) is 9.64. The van der Waals surface area contributed by atoms with Gasteiger partial charge in [-0.1, -0.05) is 18.2 Å². The maximum absolute atomic E-state index is 10.5. The first-order valence-corrected chi connectivity index (χ1v) is 5.54. The van der Waals surface area contributed by atoms with E-state index in [1.165, 1.54) is 5.56 Å². The van der Waals surface area contributed by atoms with Crippen molar-refractivity contribution in [3.8, 4) is 5.75 Å². The molecular weight excluding hydrogens is 218 g/mol. The molecule has 1 heterocycles. The molecule has 0 aromatic heterocycles. The molecule has 4 heteroatoms. The number of rotatable bonds is 4. The number of ether oxygens (including phenoxy) is 1. The van der Waals surface area contributed by atoms with E-state index in [0.29, 0.717) is 0 Å². The Balaban J connectivity index is 2.22. The van der Waals surface area contributed by atoms with Gasteiger partial charge in [0.25, 0.3) is 0 Å². The molecule has 1 aliphatic heterocycles. The van der Waals surface area contributed by atoms with Crippen molar-refractivity contribution < 1.29 is 14.6 Å². The van der Waals surface area contributed by atoms with Gasteiger partial charge in [0.1, 0.15) is 5.75 Å². The number of likely N-dealkylation sites (N-methyl/N-ethyl adjacent to an activating group) is 1. The van der Waals surface area contributed by atoms with Gasteiger partial charge in [0.05, 0.1) is 12.6 Å². The van der Waals surface area contributed by atoms with Gasteiger partial charge in [0.15, 0.2) is 0 Å². The van der Waals surface area contributed by atoms with E-state index in [-0.39, 0.29) is 6.04 Å². The minimum Gasteiger partial charge on any atom is -0.493 e. The third kappa shape index (κ3) is 2.65. The predicted molar refractivity (Wildman–Crippen MR) is 64.2 cm³/mol. The molecule has 90 valence electrons. The Bertz CT molecular complexity index is 454. The summed E-state index contributed by atoms with van der Waals surface area (Å²) in [6.45, 7) is 0.730. The maximum atomic E-state index is 10.5. The largest absolute Gasteiger partial charge is 0.493 e. The van der Waals surface area contributed by atoms with Crippen molar-refractivity contribution in [1.29, 1.82) is 0 Å². The molecule has 0 saturated heterocycles. The number of fused-ring (bicyclic) bond motifs is 1. The van der Waals surface area contributed by atoms with Crippen LogP contribution in [0, 0.1) is 0 Å². The average molecular weight is 233 g/mol. The Morgan fingerprint density at radius 1 is 1.59 bits per heavy atom. The lowest BCUT2D eigenvalue weighted by molar-refractivity contribution is -0.131. The fourth-order valence-electron chi connectivity index (χ4n) is 1.95. The van der Waals surface area contributed by atoms with E-state index in [2.05, 4.69) is 11.4 Å². The minimum atomic E-state index is -0.935. The molecule has 1 unspecified atom stereocenters. The highest BCUT2D eigenvalue weighted by molar-refractivity contribution is 5.79. The topological polar surface area (TPSA) is 58.6 Å². The molecule has 0 bridgehead atoms. The second kappa shape index (κ2) is 5.01. The second-order valence-corrected chi connectivity index (χ2v) is 3.93. The van der Waals surface area contributed by atoms with Gasteiger partial charge in [-0.3, -0.25) is 0 Å². The minimum absolute atomic E-state index is 0.0861. The van der Waals surface area contributed by atoms with Gasteiger partial charge >= 0.3 is 5.97 Å². The molecule has 2 N–H and O–H groups in total. The third-order valence-electron chi connectivity index (χ3n) is 2.81. The van der Waals surface area contributed by atoms with Gasteiger partial charge in [-0.2, -0.15) is 0 Å². The average Bonchev–Trinajstić information content (AvgIpc) is 2.76. The fourth-order valence-corrected chi connectivity index (χ4v) is 1.95. The van der Waals surface area contributed by atoms with Crippen molar-refractivity contribution in [2.75, 3.05) is 13.7 Å². The van der Waals surface area contributed by atoms with Crippen LogP contribution >= 0.6 is 0 Å². The van der Waals surface area contributed by atoms with Crippen LogP contribution in [0.5, 0.6) is 5.75 Å². The molecule has 17 heavy (non-hydrogen) atoms. The van der Waals surface area contributed by atoms with Gasteiger partial charge in [0.2, 0.25) is 0 Å². The number of benzene rings is 1. The molecule has 1 atom stereocenters. The van der Waals surface area contributed by atoms with Crippen LogP contribution in [0.4, 0.5) is 0 Å². The van der Waals surface area contributed by atoms with Crippen molar-refractivity contribution in [3.05, 3.63) is 41.5 Å². The van der Waals surface area contributed by atoms with Gasteiger partial charge in [-0.15, -0.1) is 0 Å². The highest BCUT2D eigenvalue weighted by Crippen LogP contribution is 2.28. The predicted octanol–water partition coefficient (Wildman–Crippen LogP) is 1.52. The van der Waals surface area contributed by atoms with Gasteiger partial charge in [-0.05, 0) is 24.2 Å². The standard InChI is InChI=1S/C13H15NO3/c1-14-11(3-5-13(15)16)9-2-4-12-10(8-9)6-7-17-12/h2-5,8,11,14H,6-7H2,1H3,(H,15,16)/b5-3+. The van der Waals surface area contributed by atoms with Gasteiger partial charge in [-0.25, -0.2) is 4.79 Å². The van der Waals surface area contributed by atoms with Crippen LogP contribution in [-0.4, -0.2) is 24.7 Å². The van der Waals surface area contributed by atoms with Crippen LogP contribution in [0.15, 0.2) is 30.4 Å². The van der Waals surface area contributed by atoms with Gasteiger partial charge < -0.3 is 15.2 Å². The quantitative estimate of drug-likeness (QED) is 0.774. The zero-order valence-corrected chi connectivity index (χ0v) is 9.64. The van der Waals surface area contributed by atoms with Crippen molar-refractivity contribution >= 4 is 5.97 Å². The molecular formula is C13H15NO3. The number of aliphatic carboxylic acids is 1. The smallest absolute Gasteiger partial charge is 0.328 e. The van der Waals surface area contributed by atoms with Crippen LogP contribution < -0.4 is 10.1 Å². The SMILES string of the molecule is CNC(/C=C/C(=O)O)c1ccc2c(c1)CCO2. The molecule has 0 spiro atoms. The summed E-state index contributed by atoms with van der Waals surface area (Å²) in [5.74, 6) is 0.000519. The number of hydrogen-bond acceptors (Lipinski definition) is 3. The normalized spacial score (nSPS) is 15.6. The van der Waals surface area contributed by atoms with Crippen molar-refractivity contribution in [2.45, 2.75) is 12.5 Å². The Kier molecular flexibility index (Phi) is 3.44. The molecule has 0 amide bonds. The van der Waals surface area contributed by atoms with E-state index in [0.717, 1.165) is 30.4 Å². The molecule has 0 saturated carbocycles. The first-order valence-electron chi connectivity index (χ1n) is 5.54. The third-order valence-corrected chi connectivity index (χ3v) is 2.81.